The van der Waals surface area contributed by atoms with Crippen LogP contribution >= 0.6 is 35.4 Å². The maximum atomic E-state index is 13.1. The molecule has 1 aliphatic heterocycles. The first kappa shape index (κ1) is 23.3. The van der Waals surface area contributed by atoms with Crippen molar-refractivity contribution < 1.29 is 19.2 Å². The van der Waals surface area contributed by atoms with Gasteiger partial charge in [-0.25, -0.2) is 4.98 Å². The molecule has 3 aromatic rings. The standard InChI is InChI=1S/C22H12Cl2N4O5S/c23-16-2-1-3-17(19(16)24)27-21(30)15(20(29)26-22(27)34)10-12-4-7-14(8-5-12)33-18-9-6-13(11-25-18)28(31)32/h1-11H,(H,26,29,34)/b15-10-. The van der Waals surface area contributed by atoms with E-state index >= 15 is 0 Å². The van der Waals surface area contributed by atoms with E-state index in [1.54, 1.807) is 42.5 Å². The predicted molar refractivity (Wildman–Crippen MR) is 130 cm³/mol. The van der Waals surface area contributed by atoms with Crippen LogP contribution in [0.15, 0.2) is 66.4 Å². The number of benzene rings is 2. The number of pyridine rings is 1. The number of amides is 2. The number of hydrogen-bond donors (Lipinski definition) is 1. The lowest BCUT2D eigenvalue weighted by Crippen LogP contribution is -2.54. The summed E-state index contributed by atoms with van der Waals surface area (Å²) in [6.07, 6.45) is 2.49. The molecule has 0 radical (unpaired) electrons. The van der Waals surface area contributed by atoms with Gasteiger partial charge >= 0.3 is 0 Å². The first-order valence-electron chi connectivity index (χ1n) is 9.48. The summed E-state index contributed by atoms with van der Waals surface area (Å²) >= 11 is 17.5. The number of nitrogens with zero attached hydrogens (tertiary/aromatic N) is 3. The zero-order valence-corrected chi connectivity index (χ0v) is 19.2. The molecule has 9 nitrogen and oxygen atoms in total. The maximum absolute atomic E-state index is 13.1. The molecule has 1 fully saturated rings. The van der Waals surface area contributed by atoms with E-state index in [1.165, 1.54) is 18.2 Å². The SMILES string of the molecule is O=C1NC(=S)N(c2cccc(Cl)c2Cl)C(=O)/C1=C\c1ccc(Oc2ccc([N+](=O)[O-])cn2)cc1. The molecule has 0 unspecified atom stereocenters. The first-order chi connectivity index (χ1) is 16.2. The Kier molecular flexibility index (Phi) is 6.55. The minimum atomic E-state index is -0.659. The minimum absolute atomic E-state index is 0.115. The second kappa shape index (κ2) is 9.56. The van der Waals surface area contributed by atoms with Crippen molar-refractivity contribution in [2.45, 2.75) is 0 Å². The Labute approximate surface area is 207 Å². The van der Waals surface area contributed by atoms with Gasteiger partial charge in [-0.1, -0.05) is 41.4 Å². The first-order valence-corrected chi connectivity index (χ1v) is 10.6. The van der Waals surface area contributed by atoms with Crippen molar-refractivity contribution in [1.82, 2.24) is 10.3 Å². The van der Waals surface area contributed by atoms with Crippen molar-refractivity contribution in [3.63, 3.8) is 0 Å². The number of carbonyl (C=O) groups excluding carboxylic acids is 2. The summed E-state index contributed by atoms with van der Waals surface area (Å²) < 4.78 is 5.56. The molecule has 0 saturated carbocycles. The lowest BCUT2D eigenvalue weighted by atomic mass is 10.1. The zero-order valence-electron chi connectivity index (χ0n) is 16.9. The van der Waals surface area contributed by atoms with Crippen molar-refractivity contribution in [1.29, 1.82) is 0 Å². The van der Waals surface area contributed by atoms with E-state index in [4.69, 9.17) is 40.2 Å². The molecule has 0 spiro atoms. The lowest BCUT2D eigenvalue weighted by molar-refractivity contribution is -0.385. The number of nitro groups is 1. The Morgan fingerprint density at radius 2 is 1.82 bits per heavy atom. The highest BCUT2D eigenvalue weighted by atomic mass is 35.5. The van der Waals surface area contributed by atoms with Crippen molar-refractivity contribution in [2.75, 3.05) is 4.90 Å². The molecule has 2 heterocycles. The van der Waals surface area contributed by atoms with Gasteiger partial charge in [0.15, 0.2) is 5.11 Å². The van der Waals surface area contributed by atoms with Crippen LogP contribution in [0.4, 0.5) is 11.4 Å². The van der Waals surface area contributed by atoms with E-state index in [0.717, 1.165) is 11.1 Å². The molecule has 2 aromatic carbocycles. The fourth-order valence-electron chi connectivity index (χ4n) is 3.00. The topological polar surface area (TPSA) is 115 Å². The zero-order chi connectivity index (χ0) is 24.4. The van der Waals surface area contributed by atoms with Gasteiger partial charge in [0.05, 0.1) is 20.7 Å². The molecule has 0 atom stereocenters. The van der Waals surface area contributed by atoms with E-state index in [9.17, 15) is 19.7 Å². The number of rotatable bonds is 5. The Balaban J connectivity index is 1.57. The van der Waals surface area contributed by atoms with E-state index in [-0.39, 0.29) is 38.0 Å². The van der Waals surface area contributed by atoms with Gasteiger partial charge in [-0.3, -0.25) is 29.9 Å². The average Bonchev–Trinajstić information content (AvgIpc) is 2.81. The molecule has 2 amide bonds. The van der Waals surface area contributed by atoms with E-state index in [1.807, 2.05) is 0 Å². The average molecular weight is 515 g/mol. The maximum Gasteiger partial charge on any atom is 0.287 e. The van der Waals surface area contributed by atoms with Gasteiger partial charge in [-0.2, -0.15) is 0 Å². The summed E-state index contributed by atoms with van der Waals surface area (Å²) in [6.45, 7) is 0. The number of aromatic nitrogens is 1. The van der Waals surface area contributed by atoms with Gasteiger partial charge in [0.1, 0.15) is 17.5 Å². The fourth-order valence-corrected chi connectivity index (χ4v) is 3.66. The van der Waals surface area contributed by atoms with Gasteiger partial charge in [-0.05, 0) is 48.1 Å². The van der Waals surface area contributed by atoms with Crippen molar-refractivity contribution in [2.24, 2.45) is 0 Å². The molecule has 0 bridgehead atoms. The van der Waals surface area contributed by atoms with Crippen LogP contribution in [-0.2, 0) is 9.59 Å². The van der Waals surface area contributed by atoms with Crippen LogP contribution in [0, 0.1) is 10.1 Å². The van der Waals surface area contributed by atoms with Crippen LogP contribution in [0.25, 0.3) is 6.08 Å². The highest BCUT2D eigenvalue weighted by Gasteiger charge is 2.35. The van der Waals surface area contributed by atoms with Crippen molar-refractivity contribution in [3.05, 3.63) is 92.1 Å². The highest BCUT2D eigenvalue weighted by molar-refractivity contribution is 7.80. The predicted octanol–water partition coefficient (Wildman–Crippen LogP) is 4.92. The molecule has 0 aliphatic carbocycles. The third kappa shape index (κ3) is 4.74. The van der Waals surface area contributed by atoms with Crippen LogP contribution < -0.4 is 15.0 Å². The van der Waals surface area contributed by atoms with Gasteiger partial charge in [0.2, 0.25) is 5.88 Å². The molecule has 1 saturated heterocycles. The number of hydrogen-bond acceptors (Lipinski definition) is 7. The number of carbonyl (C=O) groups is 2. The molecule has 4 rings (SSSR count). The van der Waals surface area contributed by atoms with Gasteiger partial charge < -0.3 is 4.74 Å². The molecular formula is C22H12Cl2N4O5S. The highest BCUT2D eigenvalue weighted by Crippen LogP contribution is 2.34. The van der Waals surface area contributed by atoms with Crippen molar-refractivity contribution in [3.8, 4) is 11.6 Å². The third-order valence-corrected chi connectivity index (χ3v) is 5.71. The number of nitrogens with one attached hydrogen (secondary N) is 1. The number of thiocarbonyl (C=S) groups is 1. The van der Waals surface area contributed by atoms with Crippen LogP contribution in [0.2, 0.25) is 10.0 Å². The van der Waals surface area contributed by atoms with Gasteiger partial charge in [0, 0.05) is 12.1 Å². The summed E-state index contributed by atoms with van der Waals surface area (Å²) in [4.78, 5) is 40.7. The van der Waals surface area contributed by atoms with Crippen LogP contribution in [-0.4, -0.2) is 26.8 Å². The van der Waals surface area contributed by atoms with E-state index in [2.05, 4.69) is 10.3 Å². The van der Waals surface area contributed by atoms with Crippen LogP contribution in [0.1, 0.15) is 5.56 Å². The van der Waals surface area contributed by atoms with E-state index in [0.29, 0.717) is 11.3 Å². The Morgan fingerprint density at radius 3 is 2.47 bits per heavy atom. The Hall–Kier alpha value is -3.86. The quantitative estimate of drug-likeness (QED) is 0.169. The number of ether oxygens (including phenoxy) is 1. The number of anilines is 1. The summed E-state index contributed by atoms with van der Waals surface area (Å²) in [5.74, 6) is -0.745. The smallest absolute Gasteiger partial charge is 0.287 e. The fraction of sp³-hybridized carbons (Fsp3) is 0. The van der Waals surface area contributed by atoms with Crippen LogP contribution in [0.3, 0.4) is 0 Å². The normalized spacial score (nSPS) is 14.8. The van der Waals surface area contributed by atoms with Crippen LogP contribution in [0.5, 0.6) is 11.6 Å². The molecular weight excluding hydrogens is 503 g/mol. The second-order valence-corrected chi connectivity index (χ2v) is 7.99. The summed E-state index contributed by atoms with van der Waals surface area (Å²) in [5.41, 5.74) is 0.467. The second-order valence-electron chi connectivity index (χ2n) is 6.81. The summed E-state index contributed by atoms with van der Waals surface area (Å²) in [6, 6.07) is 13.8. The van der Waals surface area contributed by atoms with Gasteiger partial charge in [0.25, 0.3) is 17.5 Å². The summed E-state index contributed by atoms with van der Waals surface area (Å²) in [5, 5.41) is 13.4. The third-order valence-electron chi connectivity index (χ3n) is 4.62. The van der Waals surface area contributed by atoms with Crippen molar-refractivity contribution >= 4 is 69.8 Å². The Morgan fingerprint density at radius 1 is 1.09 bits per heavy atom. The minimum Gasteiger partial charge on any atom is -0.439 e. The molecule has 34 heavy (non-hydrogen) atoms. The van der Waals surface area contributed by atoms with E-state index < -0.39 is 16.7 Å². The monoisotopic (exact) mass is 514 g/mol. The molecule has 1 aliphatic rings. The largest absolute Gasteiger partial charge is 0.439 e. The molecule has 12 heteroatoms. The summed E-state index contributed by atoms with van der Waals surface area (Å²) in [7, 11) is 0. The van der Waals surface area contributed by atoms with Gasteiger partial charge in [-0.15, -0.1) is 0 Å². The Bertz CT molecular complexity index is 1360. The molecule has 1 aromatic heterocycles. The molecule has 170 valence electrons. The lowest BCUT2D eigenvalue weighted by Gasteiger charge is -2.29. The number of halogens is 2. The molecule has 1 N–H and O–H groups in total.